The van der Waals surface area contributed by atoms with Crippen molar-refractivity contribution >= 4 is 16.7 Å². The van der Waals surface area contributed by atoms with Crippen LogP contribution in [0.3, 0.4) is 0 Å². The smallest absolute Gasteiger partial charge is 0.270 e. The van der Waals surface area contributed by atoms with Gasteiger partial charge in [-0.2, -0.15) is 0 Å². The number of nitrogens with zero attached hydrogens (tertiary/aromatic N) is 1. The Morgan fingerprint density at radius 1 is 1.35 bits per heavy atom. The summed E-state index contributed by atoms with van der Waals surface area (Å²) in [7, 11) is 0. The van der Waals surface area contributed by atoms with E-state index in [1.807, 2.05) is 30.3 Å². The number of carbonyl (C=O) groups is 1. The van der Waals surface area contributed by atoms with Gasteiger partial charge in [-0.1, -0.05) is 31.2 Å². The third-order valence-electron chi connectivity index (χ3n) is 3.31. The molecule has 3 rings (SSSR count). The molecule has 1 N–H and O–H groups in total. The molecule has 2 unspecified atom stereocenters. The van der Waals surface area contributed by atoms with Gasteiger partial charge in [0.1, 0.15) is 5.69 Å². The number of pyridine rings is 1. The molecule has 17 heavy (non-hydrogen) atoms. The molecule has 1 aliphatic rings. The van der Waals surface area contributed by atoms with Crippen LogP contribution in [-0.2, 0) is 0 Å². The average molecular weight is 226 g/mol. The van der Waals surface area contributed by atoms with E-state index >= 15 is 0 Å². The molecule has 1 aromatic carbocycles. The van der Waals surface area contributed by atoms with Crippen molar-refractivity contribution in [2.45, 2.75) is 19.4 Å². The SMILES string of the molecule is CC1CC1NC(=O)c1nccc2ccccc12. The van der Waals surface area contributed by atoms with Crippen LogP contribution in [0.5, 0.6) is 0 Å². The predicted molar refractivity (Wildman–Crippen MR) is 66.8 cm³/mol. The second-order valence-electron chi connectivity index (χ2n) is 4.67. The fraction of sp³-hybridized carbons (Fsp3) is 0.286. The molecule has 1 aromatic heterocycles. The first-order valence-corrected chi connectivity index (χ1v) is 5.90. The Kier molecular flexibility index (Phi) is 2.32. The fourth-order valence-corrected chi connectivity index (χ4v) is 2.06. The highest BCUT2D eigenvalue weighted by Gasteiger charge is 2.34. The Balaban J connectivity index is 1.96. The van der Waals surface area contributed by atoms with E-state index in [-0.39, 0.29) is 5.91 Å². The molecule has 2 aromatic rings. The lowest BCUT2D eigenvalue weighted by molar-refractivity contribution is 0.0946. The summed E-state index contributed by atoms with van der Waals surface area (Å²) in [5, 5.41) is 4.98. The molecule has 86 valence electrons. The van der Waals surface area contributed by atoms with Gasteiger partial charge in [-0.15, -0.1) is 0 Å². The molecule has 0 radical (unpaired) electrons. The van der Waals surface area contributed by atoms with Gasteiger partial charge >= 0.3 is 0 Å². The van der Waals surface area contributed by atoms with Crippen LogP contribution in [-0.4, -0.2) is 16.9 Å². The van der Waals surface area contributed by atoms with Crippen molar-refractivity contribution in [2.75, 3.05) is 0 Å². The lowest BCUT2D eigenvalue weighted by atomic mass is 10.1. The van der Waals surface area contributed by atoms with Gasteiger partial charge in [0.25, 0.3) is 5.91 Å². The number of hydrogen-bond donors (Lipinski definition) is 1. The zero-order chi connectivity index (χ0) is 11.8. The third-order valence-corrected chi connectivity index (χ3v) is 3.31. The second kappa shape index (κ2) is 3.84. The number of aromatic nitrogens is 1. The highest BCUT2D eigenvalue weighted by molar-refractivity contribution is 6.05. The number of nitrogens with one attached hydrogen (secondary N) is 1. The molecular weight excluding hydrogens is 212 g/mol. The molecule has 0 saturated heterocycles. The van der Waals surface area contributed by atoms with E-state index in [4.69, 9.17) is 0 Å². The van der Waals surface area contributed by atoms with E-state index in [1.54, 1.807) is 6.20 Å². The first kappa shape index (κ1) is 10.3. The molecule has 2 atom stereocenters. The van der Waals surface area contributed by atoms with E-state index in [1.165, 1.54) is 0 Å². The normalized spacial score (nSPS) is 22.4. The minimum Gasteiger partial charge on any atom is -0.348 e. The van der Waals surface area contributed by atoms with Crippen LogP contribution < -0.4 is 5.32 Å². The van der Waals surface area contributed by atoms with Gasteiger partial charge in [0.2, 0.25) is 0 Å². The maximum atomic E-state index is 12.1. The number of carbonyl (C=O) groups excluding carboxylic acids is 1. The number of rotatable bonds is 2. The van der Waals surface area contributed by atoms with E-state index in [2.05, 4.69) is 17.2 Å². The predicted octanol–water partition coefficient (Wildman–Crippen LogP) is 2.37. The van der Waals surface area contributed by atoms with Gasteiger partial charge in [0, 0.05) is 17.6 Å². The Bertz CT molecular complexity index is 574. The molecule has 0 spiro atoms. The Morgan fingerprint density at radius 3 is 2.88 bits per heavy atom. The lowest BCUT2D eigenvalue weighted by Gasteiger charge is -2.06. The van der Waals surface area contributed by atoms with E-state index < -0.39 is 0 Å². The van der Waals surface area contributed by atoms with Gasteiger partial charge in [-0.05, 0) is 23.8 Å². The zero-order valence-electron chi connectivity index (χ0n) is 9.68. The maximum Gasteiger partial charge on any atom is 0.270 e. The summed E-state index contributed by atoms with van der Waals surface area (Å²) in [6.45, 7) is 2.14. The minimum atomic E-state index is -0.0591. The van der Waals surface area contributed by atoms with Gasteiger partial charge < -0.3 is 5.32 Å². The van der Waals surface area contributed by atoms with Crippen molar-refractivity contribution in [3.05, 3.63) is 42.2 Å². The van der Waals surface area contributed by atoms with Crippen LogP contribution in [0.25, 0.3) is 10.8 Å². The standard InChI is InChI=1S/C14H14N2O/c1-9-8-12(9)16-14(17)13-11-5-3-2-4-10(11)6-7-15-13/h2-7,9,12H,8H2,1H3,(H,16,17). The maximum absolute atomic E-state index is 12.1. The van der Waals surface area contributed by atoms with Gasteiger partial charge in [0.05, 0.1) is 0 Å². The van der Waals surface area contributed by atoms with Crippen LogP contribution in [0.4, 0.5) is 0 Å². The molecule has 0 aliphatic heterocycles. The molecular formula is C14H14N2O. The summed E-state index contributed by atoms with van der Waals surface area (Å²) >= 11 is 0. The highest BCUT2D eigenvalue weighted by atomic mass is 16.2. The van der Waals surface area contributed by atoms with Gasteiger partial charge in [-0.3, -0.25) is 9.78 Å². The first-order valence-electron chi connectivity index (χ1n) is 5.90. The van der Waals surface area contributed by atoms with Crippen molar-refractivity contribution in [3.63, 3.8) is 0 Å². The van der Waals surface area contributed by atoms with Crippen LogP contribution in [0, 0.1) is 5.92 Å². The monoisotopic (exact) mass is 226 g/mol. The lowest BCUT2D eigenvalue weighted by Crippen LogP contribution is -2.27. The first-order chi connectivity index (χ1) is 8.25. The summed E-state index contributed by atoms with van der Waals surface area (Å²) in [6.07, 6.45) is 2.77. The molecule has 1 saturated carbocycles. The average Bonchev–Trinajstić information content (AvgIpc) is 3.04. The molecule has 0 bridgehead atoms. The topological polar surface area (TPSA) is 42.0 Å². The summed E-state index contributed by atoms with van der Waals surface area (Å²) in [6, 6.07) is 10.1. The summed E-state index contributed by atoms with van der Waals surface area (Å²) in [5.41, 5.74) is 0.530. The van der Waals surface area contributed by atoms with Crippen molar-refractivity contribution in [1.29, 1.82) is 0 Å². The van der Waals surface area contributed by atoms with Crippen molar-refractivity contribution in [3.8, 4) is 0 Å². The highest BCUT2D eigenvalue weighted by Crippen LogP contribution is 2.29. The van der Waals surface area contributed by atoms with Gasteiger partial charge in [0.15, 0.2) is 0 Å². The van der Waals surface area contributed by atoms with Crippen LogP contribution in [0.15, 0.2) is 36.5 Å². The third kappa shape index (κ3) is 1.88. The fourth-order valence-electron chi connectivity index (χ4n) is 2.06. The number of hydrogen-bond acceptors (Lipinski definition) is 2. The van der Waals surface area contributed by atoms with Crippen LogP contribution in [0.1, 0.15) is 23.8 Å². The van der Waals surface area contributed by atoms with Crippen LogP contribution in [0.2, 0.25) is 0 Å². The Labute approximate surface area is 99.9 Å². The number of fused-ring (bicyclic) bond motifs is 1. The summed E-state index contributed by atoms with van der Waals surface area (Å²) in [4.78, 5) is 16.3. The molecule has 3 heteroatoms. The molecule has 3 nitrogen and oxygen atoms in total. The van der Waals surface area contributed by atoms with E-state index in [0.717, 1.165) is 17.2 Å². The summed E-state index contributed by atoms with van der Waals surface area (Å²) < 4.78 is 0. The quantitative estimate of drug-likeness (QED) is 0.854. The van der Waals surface area contributed by atoms with Crippen molar-refractivity contribution in [2.24, 2.45) is 5.92 Å². The number of benzene rings is 1. The molecule has 1 fully saturated rings. The van der Waals surface area contributed by atoms with Crippen molar-refractivity contribution < 1.29 is 4.79 Å². The molecule has 1 aliphatic carbocycles. The number of amides is 1. The van der Waals surface area contributed by atoms with Crippen LogP contribution >= 0.6 is 0 Å². The Hall–Kier alpha value is -1.90. The molecule has 1 amide bonds. The van der Waals surface area contributed by atoms with Gasteiger partial charge in [-0.25, -0.2) is 0 Å². The van der Waals surface area contributed by atoms with E-state index in [9.17, 15) is 4.79 Å². The zero-order valence-corrected chi connectivity index (χ0v) is 9.68. The summed E-state index contributed by atoms with van der Waals surface area (Å²) in [5.74, 6) is 0.546. The van der Waals surface area contributed by atoms with Crippen molar-refractivity contribution in [1.82, 2.24) is 10.3 Å². The second-order valence-corrected chi connectivity index (χ2v) is 4.67. The largest absolute Gasteiger partial charge is 0.348 e. The molecule has 1 heterocycles. The van der Waals surface area contributed by atoms with E-state index in [0.29, 0.717) is 17.7 Å². The Morgan fingerprint density at radius 2 is 2.12 bits per heavy atom. The minimum absolute atomic E-state index is 0.0591.